The Morgan fingerprint density at radius 2 is 2.11 bits per heavy atom. The fourth-order valence-corrected chi connectivity index (χ4v) is 2.11. The molecule has 0 aliphatic heterocycles. The van der Waals surface area contributed by atoms with Crippen LogP contribution in [0.4, 0.5) is 0 Å². The molecule has 0 bridgehead atoms. The molecule has 1 N–H and O–H groups in total. The zero-order chi connectivity index (χ0) is 13.4. The number of furan rings is 1. The van der Waals surface area contributed by atoms with Crippen molar-refractivity contribution in [3.8, 4) is 5.75 Å². The first-order chi connectivity index (χ1) is 8.47. The van der Waals surface area contributed by atoms with Gasteiger partial charge in [-0.1, -0.05) is 23.2 Å². The molecule has 1 heterocycles. The number of carbonyl (C=O) groups excluding carboxylic acids is 1. The molecule has 18 heavy (non-hydrogen) atoms. The van der Waals surface area contributed by atoms with Crippen LogP contribution in [0.1, 0.15) is 23.0 Å². The maximum absolute atomic E-state index is 11.8. The second-order valence-electron chi connectivity index (χ2n) is 3.65. The molecule has 4 nitrogen and oxygen atoms in total. The highest BCUT2D eigenvalue weighted by atomic mass is 35.5. The van der Waals surface area contributed by atoms with Crippen molar-refractivity contribution in [3.63, 3.8) is 0 Å². The number of aryl methyl sites for hydroxylation is 1. The minimum atomic E-state index is -0.522. The van der Waals surface area contributed by atoms with Crippen molar-refractivity contribution in [2.45, 2.75) is 13.8 Å². The highest BCUT2D eigenvalue weighted by molar-refractivity contribution is 6.46. The Hall–Kier alpha value is -1.39. The minimum Gasteiger partial charge on any atom is -0.506 e. The Morgan fingerprint density at radius 1 is 1.44 bits per heavy atom. The van der Waals surface area contributed by atoms with Gasteiger partial charge in [0.2, 0.25) is 0 Å². The van der Waals surface area contributed by atoms with Crippen LogP contribution in [-0.2, 0) is 4.74 Å². The average molecular weight is 289 g/mol. The van der Waals surface area contributed by atoms with Gasteiger partial charge in [-0.15, -0.1) is 0 Å². The number of halogens is 2. The van der Waals surface area contributed by atoms with Crippen molar-refractivity contribution in [2.24, 2.45) is 0 Å². The lowest BCUT2D eigenvalue weighted by Gasteiger charge is -2.02. The summed E-state index contributed by atoms with van der Waals surface area (Å²) in [5.41, 5.74) is 0.515. The molecular formula is C12H10Cl2O4. The van der Waals surface area contributed by atoms with E-state index < -0.39 is 5.97 Å². The SMILES string of the molecule is CCOC(=O)c1c(C)oc2c(Cl)c(Cl)c(O)cc12. The van der Waals surface area contributed by atoms with Gasteiger partial charge in [-0.25, -0.2) is 4.79 Å². The molecule has 0 unspecified atom stereocenters. The van der Waals surface area contributed by atoms with Crippen LogP contribution in [0, 0.1) is 6.92 Å². The molecule has 0 atom stereocenters. The van der Waals surface area contributed by atoms with Crippen LogP contribution in [0.5, 0.6) is 5.75 Å². The molecule has 2 aromatic rings. The van der Waals surface area contributed by atoms with Crippen molar-refractivity contribution < 1.29 is 19.1 Å². The van der Waals surface area contributed by atoms with E-state index in [1.165, 1.54) is 6.07 Å². The number of carbonyl (C=O) groups is 1. The lowest BCUT2D eigenvalue weighted by Crippen LogP contribution is -2.05. The predicted molar refractivity (Wildman–Crippen MR) is 68.6 cm³/mol. The van der Waals surface area contributed by atoms with Crippen LogP contribution in [0.15, 0.2) is 10.5 Å². The Kier molecular flexibility index (Phi) is 3.41. The molecule has 0 aliphatic rings. The van der Waals surface area contributed by atoms with E-state index in [0.29, 0.717) is 11.1 Å². The molecule has 0 amide bonds. The molecule has 0 radical (unpaired) electrons. The molecule has 2 rings (SSSR count). The average Bonchev–Trinajstić information content (AvgIpc) is 2.63. The van der Waals surface area contributed by atoms with Crippen LogP contribution in [-0.4, -0.2) is 17.7 Å². The molecule has 0 saturated carbocycles. The zero-order valence-corrected chi connectivity index (χ0v) is 11.2. The summed E-state index contributed by atoms with van der Waals surface area (Å²) in [5.74, 6) is -0.362. The largest absolute Gasteiger partial charge is 0.506 e. The van der Waals surface area contributed by atoms with E-state index in [1.807, 2.05) is 0 Å². The third kappa shape index (κ3) is 1.91. The van der Waals surface area contributed by atoms with Crippen molar-refractivity contribution in [1.29, 1.82) is 0 Å². The van der Waals surface area contributed by atoms with Gasteiger partial charge in [0.15, 0.2) is 5.58 Å². The molecule has 0 spiro atoms. The van der Waals surface area contributed by atoms with Gasteiger partial charge < -0.3 is 14.3 Å². The standard InChI is InChI=1S/C12H10Cl2O4/c1-3-17-12(16)8-5(2)18-11-6(8)4-7(15)9(13)10(11)14/h4,15H,3H2,1-2H3. The number of hydrogen-bond acceptors (Lipinski definition) is 4. The van der Waals surface area contributed by atoms with Crippen LogP contribution >= 0.6 is 23.2 Å². The van der Waals surface area contributed by atoms with E-state index >= 15 is 0 Å². The first-order valence-electron chi connectivity index (χ1n) is 5.24. The second-order valence-corrected chi connectivity index (χ2v) is 4.41. The predicted octanol–water partition coefficient (Wildman–Crippen LogP) is 3.93. The summed E-state index contributed by atoms with van der Waals surface area (Å²) >= 11 is 11.8. The second kappa shape index (κ2) is 4.71. The molecule has 6 heteroatoms. The van der Waals surface area contributed by atoms with Crippen molar-refractivity contribution in [2.75, 3.05) is 6.61 Å². The Labute approximate surface area is 113 Å². The number of phenols is 1. The first kappa shape index (κ1) is 13.1. The molecule has 0 fully saturated rings. The van der Waals surface area contributed by atoms with E-state index in [-0.39, 0.29) is 33.5 Å². The summed E-state index contributed by atoms with van der Waals surface area (Å²) in [6.07, 6.45) is 0. The molecule has 0 aliphatic carbocycles. The number of esters is 1. The lowest BCUT2D eigenvalue weighted by atomic mass is 10.1. The Morgan fingerprint density at radius 3 is 2.72 bits per heavy atom. The van der Waals surface area contributed by atoms with E-state index in [1.54, 1.807) is 13.8 Å². The monoisotopic (exact) mass is 288 g/mol. The fourth-order valence-electron chi connectivity index (χ4n) is 1.73. The quantitative estimate of drug-likeness (QED) is 0.851. The van der Waals surface area contributed by atoms with Crippen LogP contribution in [0.25, 0.3) is 11.0 Å². The van der Waals surface area contributed by atoms with Crippen molar-refractivity contribution >= 4 is 40.1 Å². The van der Waals surface area contributed by atoms with Gasteiger partial charge in [0, 0.05) is 5.39 Å². The third-order valence-electron chi connectivity index (χ3n) is 2.50. The van der Waals surface area contributed by atoms with E-state index in [4.69, 9.17) is 32.4 Å². The lowest BCUT2D eigenvalue weighted by molar-refractivity contribution is 0.0526. The van der Waals surface area contributed by atoms with Crippen LogP contribution in [0.2, 0.25) is 10.0 Å². The number of phenolic OH excluding ortho intramolecular Hbond substituents is 1. The van der Waals surface area contributed by atoms with Gasteiger partial charge >= 0.3 is 5.97 Å². The summed E-state index contributed by atoms with van der Waals surface area (Å²) < 4.78 is 10.3. The van der Waals surface area contributed by atoms with Gasteiger partial charge in [-0.3, -0.25) is 0 Å². The smallest absolute Gasteiger partial charge is 0.342 e. The van der Waals surface area contributed by atoms with Crippen LogP contribution < -0.4 is 0 Å². The number of hydrogen-bond donors (Lipinski definition) is 1. The number of ether oxygens (including phenoxy) is 1. The molecule has 0 saturated heterocycles. The summed E-state index contributed by atoms with van der Waals surface area (Å²) in [4.78, 5) is 11.8. The Bertz CT molecular complexity index is 631. The van der Waals surface area contributed by atoms with Gasteiger partial charge in [0.1, 0.15) is 27.1 Å². The van der Waals surface area contributed by atoms with Gasteiger partial charge in [-0.2, -0.15) is 0 Å². The first-order valence-corrected chi connectivity index (χ1v) is 6.00. The minimum absolute atomic E-state index is 0.00618. The van der Waals surface area contributed by atoms with Crippen molar-refractivity contribution in [1.82, 2.24) is 0 Å². The normalized spacial score (nSPS) is 10.9. The molecule has 1 aromatic carbocycles. The summed E-state index contributed by atoms with van der Waals surface area (Å²) in [7, 11) is 0. The third-order valence-corrected chi connectivity index (χ3v) is 3.34. The van der Waals surface area contributed by atoms with E-state index in [9.17, 15) is 9.90 Å². The van der Waals surface area contributed by atoms with Gasteiger partial charge in [0.05, 0.1) is 6.61 Å². The zero-order valence-electron chi connectivity index (χ0n) is 9.71. The summed E-state index contributed by atoms with van der Waals surface area (Å²) in [6.45, 7) is 3.57. The molecule has 1 aromatic heterocycles. The molecular weight excluding hydrogens is 279 g/mol. The van der Waals surface area contributed by atoms with Gasteiger partial charge in [-0.05, 0) is 19.9 Å². The van der Waals surface area contributed by atoms with E-state index in [2.05, 4.69) is 0 Å². The van der Waals surface area contributed by atoms with Gasteiger partial charge in [0.25, 0.3) is 0 Å². The highest BCUT2D eigenvalue weighted by Crippen LogP contribution is 2.41. The topological polar surface area (TPSA) is 59.7 Å². The number of fused-ring (bicyclic) bond motifs is 1. The van der Waals surface area contributed by atoms with Crippen LogP contribution in [0.3, 0.4) is 0 Å². The maximum atomic E-state index is 11.8. The Balaban J connectivity index is 2.76. The number of rotatable bonds is 2. The van der Waals surface area contributed by atoms with E-state index in [0.717, 1.165) is 0 Å². The summed E-state index contributed by atoms with van der Waals surface area (Å²) in [6, 6.07) is 1.34. The molecule has 96 valence electrons. The number of aromatic hydroxyl groups is 1. The highest BCUT2D eigenvalue weighted by Gasteiger charge is 2.23. The summed E-state index contributed by atoms with van der Waals surface area (Å²) in [5, 5.41) is 10.1. The maximum Gasteiger partial charge on any atom is 0.342 e. The fraction of sp³-hybridized carbons (Fsp3) is 0.250. The number of benzene rings is 1. The van der Waals surface area contributed by atoms with Crippen molar-refractivity contribution in [3.05, 3.63) is 27.4 Å².